The predicted octanol–water partition coefficient (Wildman–Crippen LogP) is 4.58. The standard InChI is InChI=1S/C15H14BrClO2/c1-2-19-12-6-3-10(4-7-12)15(18)13-9-11(17)5-8-14(13)16/h3-9,15,18H,2H2,1H3. The van der Waals surface area contributed by atoms with E-state index in [-0.39, 0.29) is 0 Å². The summed E-state index contributed by atoms with van der Waals surface area (Å²) in [7, 11) is 0. The second-order valence-electron chi connectivity index (χ2n) is 4.07. The van der Waals surface area contributed by atoms with Crippen LogP contribution in [0.15, 0.2) is 46.9 Å². The Bertz CT molecular complexity index is 555. The molecule has 0 radical (unpaired) electrons. The van der Waals surface area contributed by atoms with Gasteiger partial charge in [0.05, 0.1) is 6.61 Å². The minimum atomic E-state index is -0.719. The Morgan fingerprint density at radius 3 is 2.53 bits per heavy atom. The highest BCUT2D eigenvalue weighted by molar-refractivity contribution is 9.10. The zero-order chi connectivity index (χ0) is 13.8. The molecule has 2 aromatic carbocycles. The topological polar surface area (TPSA) is 29.5 Å². The van der Waals surface area contributed by atoms with Crippen LogP contribution < -0.4 is 4.74 Å². The van der Waals surface area contributed by atoms with Crippen LogP contribution in [0.3, 0.4) is 0 Å². The van der Waals surface area contributed by atoms with Gasteiger partial charge in [-0.3, -0.25) is 0 Å². The van der Waals surface area contributed by atoms with E-state index in [1.165, 1.54) is 0 Å². The number of aliphatic hydroxyl groups excluding tert-OH is 1. The molecule has 0 amide bonds. The number of ether oxygens (including phenoxy) is 1. The summed E-state index contributed by atoms with van der Waals surface area (Å²) in [5, 5.41) is 11.0. The summed E-state index contributed by atoms with van der Waals surface area (Å²) in [4.78, 5) is 0. The smallest absolute Gasteiger partial charge is 0.119 e. The van der Waals surface area contributed by atoms with Crippen molar-refractivity contribution in [2.45, 2.75) is 13.0 Å². The van der Waals surface area contributed by atoms with E-state index in [1.807, 2.05) is 37.3 Å². The number of rotatable bonds is 4. The van der Waals surface area contributed by atoms with Gasteiger partial charge in [0.2, 0.25) is 0 Å². The van der Waals surface area contributed by atoms with E-state index in [9.17, 15) is 5.11 Å². The van der Waals surface area contributed by atoms with Gasteiger partial charge >= 0.3 is 0 Å². The Balaban J connectivity index is 2.27. The number of aliphatic hydroxyl groups is 1. The van der Waals surface area contributed by atoms with Crippen LogP contribution in [0.4, 0.5) is 0 Å². The summed E-state index contributed by atoms with van der Waals surface area (Å²) in [6.07, 6.45) is -0.719. The van der Waals surface area contributed by atoms with Crippen LogP contribution in [0.5, 0.6) is 5.75 Å². The van der Waals surface area contributed by atoms with E-state index >= 15 is 0 Å². The molecule has 2 rings (SSSR count). The van der Waals surface area contributed by atoms with Crippen LogP contribution in [0.25, 0.3) is 0 Å². The van der Waals surface area contributed by atoms with Gasteiger partial charge in [-0.05, 0) is 42.8 Å². The first kappa shape index (κ1) is 14.4. The lowest BCUT2D eigenvalue weighted by atomic mass is 10.0. The summed E-state index contributed by atoms with van der Waals surface area (Å²) < 4.78 is 6.21. The molecule has 0 saturated carbocycles. The molecule has 1 unspecified atom stereocenters. The number of benzene rings is 2. The number of hydrogen-bond donors (Lipinski definition) is 1. The van der Waals surface area contributed by atoms with Crippen molar-refractivity contribution in [2.75, 3.05) is 6.61 Å². The van der Waals surface area contributed by atoms with Gasteiger partial charge in [-0.2, -0.15) is 0 Å². The summed E-state index contributed by atoms with van der Waals surface area (Å²) in [5.41, 5.74) is 1.54. The second-order valence-corrected chi connectivity index (χ2v) is 5.36. The fraction of sp³-hybridized carbons (Fsp3) is 0.200. The Morgan fingerprint density at radius 1 is 1.21 bits per heavy atom. The van der Waals surface area contributed by atoms with E-state index in [2.05, 4.69) is 15.9 Å². The van der Waals surface area contributed by atoms with Crippen molar-refractivity contribution in [3.05, 3.63) is 63.1 Å². The highest BCUT2D eigenvalue weighted by Gasteiger charge is 2.14. The third-order valence-electron chi connectivity index (χ3n) is 2.76. The molecule has 0 heterocycles. The molecule has 0 aliphatic carbocycles. The maximum atomic E-state index is 10.4. The lowest BCUT2D eigenvalue weighted by Crippen LogP contribution is -2.01. The molecular formula is C15H14BrClO2. The second kappa shape index (κ2) is 6.42. The van der Waals surface area contributed by atoms with Crippen molar-refractivity contribution < 1.29 is 9.84 Å². The highest BCUT2D eigenvalue weighted by Crippen LogP contribution is 2.31. The van der Waals surface area contributed by atoms with Gasteiger partial charge in [-0.25, -0.2) is 0 Å². The van der Waals surface area contributed by atoms with Crippen LogP contribution in [0, 0.1) is 0 Å². The SMILES string of the molecule is CCOc1ccc(C(O)c2cc(Cl)ccc2Br)cc1. The van der Waals surface area contributed by atoms with E-state index < -0.39 is 6.10 Å². The number of halogens is 2. The molecule has 1 N–H and O–H groups in total. The fourth-order valence-electron chi connectivity index (χ4n) is 1.82. The van der Waals surface area contributed by atoms with Crippen LogP contribution in [-0.2, 0) is 0 Å². The predicted molar refractivity (Wildman–Crippen MR) is 80.8 cm³/mol. The third-order valence-corrected chi connectivity index (χ3v) is 3.72. The van der Waals surface area contributed by atoms with Crippen LogP contribution in [-0.4, -0.2) is 11.7 Å². The fourth-order valence-corrected chi connectivity index (χ4v) is 2.46. The van der Waals surface area contributed by atoms with Crippen molar-refractivity contribution in [1.29, 1.82) is 0 Å². The first-order chi connectivity index (χ1) is 9.11. The van der Waals surface area contributed by atoms with Crippen LogP contribution in [0.2, 0.25) is 5.02 Å². The average molecular weight is 342 g/mol. The normalized spacial score (nSPS) is 12.2. The van der Waals surface area contributed by atoms with Gasteiger partial charge in [0.15, 0.2) is 0 Å². The minimum Gasteiger partial charge on any atom is -0.494 e. The molecule has 0 aromatic heterocycles. The molecule has 2 aromatic rings. The maximum absolute atomic E-state index is 10.4. The summed E-state index contributed by atoms with van der Waals surface area (Å²) in [6.45, 7) is 2.56. The lowest BCUT2D eigenvalue weighted by Gasteiger charge is -2.14. The summed E-state index contributed by atoms with van der Waals surface area (Å²) in [5.74, 6) is 0.795. The summed E-state index contributed by atoms with van der Waals surface area (Å²) >= 11 is 9.39. The average Bonchev–Trinajstić information content (AvgIpc) is 2.42. The van der Waals surface area contributed by atoms with E-state index in [0.29, 0.717) is 11.6 Å². The molecular weight excluding hydrogens is 328 g/mol. The minimum absolute atomic E-state index is 0.600. The maximum Gasteiger partial charge on any atom is 0.119 e. The molecule has 0 fully saturated rings. The molecule has 0 bridgehead atoms. The largest absolute Gasteiger partial charge is 0.494 e. The Hall–Kier alpha value is -1.03. The molecule has 4 heteroatoms. The monoisotopic (exact) mass is 340 g/mol. The van der Waals surface area contributed by atoms with Crippen molar-refractivity contribution in [3.63, 3.8) is 0 Å². The Kier molecular flexibility index (Phi) is 4.86. The van der Waals surface area contributed by atoms with E-state index in [4.69, 9.17) is 16.3 Å². The van der Waals surface area contributed by atoms with Crippen LogP contribution in [0.1, 0.15) is 24.2 Å². The molecule has 0 aliphatic rings. The van der Waals surface area contributed by atoms with Gasteiger partial charge in [-0.1, -0.05) is 39.7 Å². The van der Waals surface area contributed by atoms with Gasteiger partial charge in [0, 0.05) is 15.1 Å². The van der Waals surface area contributed by atoms with E-state index in [0.717, 1.165) is 21.3 Å². The first-order valence-electron chi connectivity index (χ1n) is 5.97. The van der Waals surface area contributed by atoms with Gasteiger partial charge in [0.25, 0.3) is 0 Å². The molecule has 2 nitrogen and oxygen atoms in total. The van der Waals surface area contributed by atoms with Crippen molar-refractivity contribution in [3.8, 4) is 5.75 Å². The zero-order valence-corrected chi connectivity index (χ0v) is 12.8. The van der Waals surface area contributed by atoms with E-state index in [1.54, 1.807) is 12.1 Å². The Morgan fingerprint density at radius 2 is 1.89 bits per heavy atom. The quantitative estimate of drug-likeness (QED) is 0.882. The van der Waals surface area contributed by atoms with Crippen molar-refractivity contribution in [1.82, 2.24) is 0 Å². The van der Waals surface area contributed by atoms with Gasteiger partial charge in [-0.15, -0.1) is 0 Å². The highest BCUT2D eigenvalue weighted by atomic mass is 79.9. The lowest BCUT2D eigenvalue weighted by molar-refractivity contribution is 0.219. The zero-order valence-electron chi connectivity index (χ0n) is 10.4. The molecule has 0 spiro atoms. The molecule has 0 saturated heterocycles. The molecule has 19 heavy (non-hydrogen) atoms. The molecule has 0 aliphatic heterocycles. The first-order valence-corrected chi connectivity index (χ1v) is 7.14. The van der Waals surface area contributed by atoms with Crippen LogP contribution >= 0.6 is 27.5 Å². The van der Waals surface area contributed by atoms with Gasteiger partial charge in [0.1, 0.15) is 11.9 Å². The summed E-state index contributed by atoms with van der Waals surface area (Å²) in [6, 6.07) is 12.8. The van der Waals surface area contributed by atoms with Crippen molar-refractivity contribution in [2.24, 2.45) is 0 Å². The van der Waals surface area contributed by atoms with Gasteiger partial charge < -0.3 is 9.84 Å². The number of hydrogen-bond acceptors (Lipinski definition) is 2. The Labute approximate surface area is 126 Å². The third kappa shape index (κ3) is 3.50. The molecule has 100 valence electrons. The van der Waals surface area contributed by atoms with Crippen molar-refractivity contribution >= 4 is 27.5 Å². The molecule has 1 atom stereocenters.